The molecular formula is C22H25N3O4. The number of rotatable bonds is 4. The van der Waals surface area contributed by atoms with Crippen LogP contribution in [0, 0.1) is 5.92 Å². The monoisotopic (exact) mass is 395 g/mol. The first-order chi connectivity index (χ1) is 14.1. The number of nitrogens with one attached hydrogen (secondary N) is 2. The summed E-state index contributed by atoms with van der Waals surface area (Å²) in [5.74, 6) is 1.37. The highest BCUT2D eigenvalue weighted by molar-refractivity contribution is 5.92. The maximum absolute atomic E-state index is 12.6. The van der Waals surface area contributed by atoms with Crippen LogP contribution in [-0.4, -0.2) is 36.7 Å². The molecule has 1 fully saturated rings. The van der Waals surface area contributed by atoms with Gasteiger partial charge in [0.15, 0.2) is 11.5 Å². The molecule has 2 aliphatic heterocycles. The molecule has 2 aromatic rings. The maximum Gasteiger partial charge on any atom is 0.317 e. The summed E-state index contributed by atoms with van der Waals surface area (Å²) < 4.78 is 10.7. The standard InChI is InChI=1S/C22H25N3O4/c1-15(17-7-8-19-20(13-17)29-14-28-19)23-22(27)25-11-9-16(10-12-25)21(26)24-18-5-3-2-4-6-18/h2-8,13,15-16H,9-12,14H2,1H3,(H,23,27)(H,24,26). The van der Waals surface area contributed by atoms with Gasteiger partial charge in [-0.15, -0.1) is 0 Å². The minimum Gasteiger partial charge on any atom is -0.454 e. The third-order valence-corrected chi connectivity index (χ3v) is 5.43. The van der Waals surface area contributed by atoms with E-state index >= 15 is 0 Å². The Hall–Kier alpha value is -3.22. The second-order valence-electron chi connectivity index (χ2n) is 7.40. The fourth-order valence-electron chi connectivity index (χ4n) is 3.65. The molecule has 152 valence electrons. The predicted octanol–water partition coefficient (Wildman–Crippen LogP) is 3.54. The zero-order valence-corrected chi connectivity index (χ0v) is 16.4. The molecule has 7 heteroatoms. The lowest BCUT2D eigenvalue weighted by molar-refractivity contribution is -0.121. The number of likely N-dealkylation sites (tertiary alicyclic amines) is 1. The second kappa shape index (κ2) is 8.43. The van der Waals surface area contributed by atoms with Crippen LogP contribution in [-0.2, 0) is 4.79 Å². The number of urea groups is 1. The summed E-state index contributed by atoms with van der Waals surface area (Å²) in [6, 6.07) is 14.9. The first kappa shape index (κ1) is 19.1. The predicted molar refractivity (Wildman–Crippen MR) is 109 cm³/mol. The minimum absolute atomic E-state index is 0.0185. The fraction of sp³-hybridized carbons (Fsp3) is 0.364. The van der Waals surface area contributed by atoms with Crippen molar-refractivity contribution in [3.63, 3.8) is 0 Å². The van der Waals surface area contributed by atoms with Gasteiger partial charge in [-0.1, -0.05) is 24.3 Å². The van der Waals surface area contributed by atoms with Gasteiger partial charge in [0.2, 0.25) is 12.7 Å². The third-order valence-electron chi connectivity index (χ3n) is 5.43. The molecule has 2 aliphatic rings. The highest BCUT2D eigenvalue weighted by atomic mass is 16.7. The number of fused-ring (bicyclic) bond motifs is 1. The minimum atomic E-state index is -0.156. The molecule has 1 unspecified atom stereocenters. The van der Waals surface area contributed by atoms with Crippen molar-refractivity contribution in [2.45, 2.75) is 25.8 Å². The number of carbonyl (C=O) groups is 2. The topological polar surface area (TPSA) is 79.9 Å². The smallest absolute Gasteiger partial charge is 0.317 e. The van der Waals surface area contributed by atoms with Crippen molar-refractivity contribution in [3.05, 3.63) is 54.1 Å². The molecular weight excluding hydrogens is 370 g/mol. The third kappa shape index (κ3) is 4.45. The van der Waals surface area contributed by atoms with Crippen molar-refractivity contribution in [1.82, 2.24) is 10.2 Å². The molecule has 29 heavy (non-hydrogen) atoms. The van der Waals surface area contributed by atoms with E-state index in [1.165, 1.54) is 0 Å². The average Bonchev–Trinajstić information content (AvgIpc) is 3.22. The summed E-state index contributed by atoms with van der Waals surface area (Å²) in [7, 11) is 0. The van der Waals surface area contributed by atoms with Crippen molar-refractivity contribution >= 4 is 17.6 Å². The molecule has 0 saturated carbocycles. The molecule has 0 spiro atoms. The molecule has 0 aliphatic carbocycles. The largest absolute Gasteiger partial charge is 0.454 e. The fourth-order valence-corrected chi connectivity index (χ4v) is 3.65. The van der Waals surface area contributed by atoms with Crippen molar-refractivity contribution < 1.29 is 19.1 Å². The van der Waals surface area contributed by atoms with Crippen LogP contribution in [0.15, 0.2) is 48.5 Å². The number of benzene rings is 2. The van der Waals surface area contributed by atoms with Crippen LogP contribution in [0.5, 0.6) is 11.5 Å². The second-order valence-corrected chi connectivity index (χ2v) is 7.40. The van der Waals surface area contributed by atoms with Gasteiger partial charge in [-0.2, -0.15) is 0 Å². The summed E-state index contributed by atoms with van der Waals surface area (Å²) in [5, 5.41) is 5.98. The molecule has 2 aromatic carbocycles. The van der Waals surface area contributed by atoms with E-state index in [1.54, 1.807) is 4.90 Å². The van der Waals surface area contributed by atoms with Crippen molar-refractivity contribution in [3.8, 4) is 11.5 Å². The molecule has 0 aromatic heterocycles. The van der Waals surface area contributed by atoms with Crippen molar-refractivity contribution in [1.29, 1.82) is 0 Å². The van der Waals surface area contributed by atoms with Crippen LogP contribution < -0.4 is 20.1 Å². The first-order valence-electron chi connectivity index (χ1n) is 9.91. The van der Waals surface area contributed by atoms with E-state index in [4.69, 9.17) is 9.47 Å². The summed E-state index contributed by atoms with van der Waals surface area (Å²) >= 11 is 0. The van der Waals surface area contributed by atoms with Crippen LogP contribution in [0.2, 0.25) is 0 Å². The number of nitrogens with zero attached hydrogens (tertiary/aromatic N) is 1. The highest BCUT2D eigenvalue weighted by Crippen LogP contribution is 2.34. The van der Waals surface area contributed by atoms with E-state index in [1.807, 2.05) is 55.5 Å². The van der Waals surface area contributed by atoms with Crippen LogP contribution in [0.1, 0.15) is 31.4 Å². The van der Waals surface area contributed by atoms with Gasteiger partial charge < -0.3 is 25.0 Å². The van der Waals surface area contributed by atoms with E-state index in [2.05, 4.69) is 10.6 Å². The molecule has 1 atom stereocenters. The molecule has 2 heterocycles. The number of ether oxygens (including phenoxy) is 2. The van der Waals surface area contributed by atoms with Gasteiger partial charge >= 0.3 is 6.03 Å². The lowest BCUT2D eigenvalue weighted by atomic mass is 9.96. The van der Waals surface area contributed by atoms with Crippen molar-refractivity contribution in [2.75, 3.05) is 25.2 Å². The Morgan fingerprint density at radius 3 is 2.52 bits per heavy atom. The number of hydrogen-bond donors (Lipinski definition) is 2. The summed E-state index contributed by atoms with van der Waals surface area (Å²) in [6.45, 7) is 3.29. The van der Waals surface area contributed by atoms with Crippen molar-refractivity contribution in [2.24, 2.45) is 5.92 Å². The first-order valence-corrected chi connectivity index (χ1v) is 9.91. The zero-order chi connectivity index (χ0) is 20.2. The number of amides is 3. The Kier molecular flexibility index (Phi) is 5.55. The van der Waals surface area contributed by atoms with Gasteiger partial charge in [0.1, 0.15) is 0 Å². The van der Waals surface area contributed by atoms with Crippen LogP contribution in [0.4, 0.5) is 10.5 Å². The number of hydrogen-bond acceptors (Lipinski definition) is 4. The Morgan fingerprint density at radius 2 is 1.76 bits per heavy atom. The Bertz CT molecular complexity index is 879. The van der Waals surface area contributed by atoms with Gasteiger partial charge in [0, 0.05) is 24.7 Å². The normalized spacial score (nSPS) is 16.9. The van der Waals surface area contributed by atoms with E-state index < -0.39 is 0 Å². The molecule has 0 radical (unpaired) electrons. The molecule has 3 amide bonds. The maximum atomic E-state index is 12.6. The van der Waals surface area contributed by atoms with Crippen LogP contribution in [0.25, 0.3) is 0 Å². The van der Waals surface area contributed by atoms with E-state index in [9.17, 15) is 9.59 Å². The summed E-state index contributed by atoms with van der Waals surface area (Å²) in [5.41, 5.74) is 1.76. The van der Waals surface area contributed by atoms with E-state index in [0.29, 0.717) is 31.7 Å². The Balaban J connectivity index is 1.27. The van der Waals surface area contributed by atoms with Gasteiger partial charge in [-0.05, 0) is 49.6 Å². The number of para-hydroxylation sites is 1. The van der Waals surface area contributed by atoms with Gasteiger partial charge in [0.25, 0.3) is 0 Å². The number of piperidine rings is 1. The Morgan fingerprint density at radius 1 is 1.03 bits per heavy atom. The summed E-state index contributed by atoms with van der Waals surface area (Å²) in [6.07, 6.45) is 1.31. The van der Waals surface area contributed by atoms with Crippen LogP contribution in [0.3, 0.4) is 0 Å². The van der Waals surface area contributed by atoms with E-state index in [0.717, 1.165) is 17.0 Å². The average molecular weight is 395 g/mol. The highest BCUT2D eigenvalue weighted by Gasteiger charge is 2.28. The van der Waals surface area contributed by atoms with Crippen LogP contribution >= 0.6 is 0 Å². The molecule has 4 rings (SSSR count). The number of anilines is 1. The molecule has 7 nitrogen and oxygen atoms in total. The van der Waals surface area contributed by atoms with Gasteiger partial charge in [-0.25, -0.2) is 4.79 Å². The zero-order valence-electron chi connectivity index (χ0n) is 16.4. The SMILES string of the molecule is CC(NC(=O)N1CCC(C(=O)Nc2ccccc2)CC1)c1ccc2c(c1)OCO2. The Labute approximate surface area is 170 Å². The quantitative estimate of drug-likeness (QED) is 0.830. The summed E-state index contributed by atoms with van der Waals surface area (Å²) in [4.78, 5) is 26.9. The number of carbonyl (C=O) groups excluding carboxylic acids is 2. The van der Waals surface area contributed by atoms with E-state index in [-0.39, 0.29) is 30.7 Å². The molecule has 0 bridgehead atoms. The lowest BCUT2D eigenvalue weighted by Crippen LogP contribution is -2.46. The molecule has 1 saturated heterocycles. The van der Waals surface area contributed by atoms with Gasteiger partial charge in [-0.3, -0.25) is 4.79 Å². The molecule has 2 N–H and O–H groups in total. The van der Waals surface area contributed by atoms with Gasteiger partial charge in [0.05, 0.1) is 6.04 Å². The lowest BCUT2D eigenvalue weighted by Gasteiger charge is -2.32.